The van der Waals surface area contributed by atoms with Gasteiger partial charge in [-0.1, -0.05) is 17.7 Å². The maximum atomic E-state index is 12.1. The molecule has 0 saturated carbocycles. The lowest BCUT2D eigenvalue weighted by Gasteiger charge is -2.18. The van der Waals surface area contributed by atoms with Crippen LogP contribution in [0.3, 0.4) is 0 Å². The summed E-state index contributed by atoms with van der Waals surface area (Å²) in [5.74, 6) is 0.760. The molecular weight excluding hydrogens is 340 g/mol. The van der Waals surface area contributed by atoms with E-state index in [4.69, 9.17) is 4.74 Å². The maximum absolute atomic E-state index is 12.1. The van der Waals surface area contributed by atoms with Crippen molar-refractivity contribution < 1.29 is 17.9 Å². The van der Waals surface area contributed by atoms with Crippen LogP contribution in [0.1, 0.15) is 5.56 Å². The number of nitrogens with zero attached hydrogens (tertiary/aromatic N) is 1. The molecule has 0 radical (unpaired) electrons. The molecule has 2 aromatic carbocycles. The third-order valence-corrected chi connectivity index (χ3v) is 4.73. The standard InChI is InChI=1S/C18H22N2O4S/c1-14-4-8-16(9-5-14)24-13-12-20(2)18(21)19-15-6-10-17(11-7-15)25(3,22)23/h4-11H,12-13H2,1-3H3,(H,19,21). The second-order valence-corrected chi connectivity index (χ2v) is 7.83. The van der Waals surface area contributed by atoms with Gasteiger partial charge in [0.1, 0.15) is 12.4 Å². The van der Waals surface area contributed by atoms with Gasteiger partial charge in [0, 0.05) is 19.0 Å². The van der Waals surface area contributed by atoms with Crippen molar-refractivity contribution in [3.8, 4) is 5.75 Å². The second-order valence-electron chi connectivity index (χ2n) is 5.81. The summed E-state index contributed by atoms with van der Waals surface area (Å²) in [5.41, 5.74) is 1.69. The molecule has 0 spiro atoms. The van der Waals surface area contributed by atoms with Crippen LogP contribution in [0.5, 0.6) is 5.75 Å². The number of amides is 2. The molecule has 0 bridgehead atoms. The lowest BCUT2D eigenvalue weighted by Crippen LogP contribution is -2.34. The highest BCUT2D eigenvalue weighted by Crippen LogP contribution is 2.14. The molecule has 6 nitrogen and oxygen atoms in total. The van der Waals surface area contributed by atoms with Crippen LogP contribution in [-0.4, -0.2) is 45.8 Å². The Bertz CT molecular complexity index is 815. The molecule has 0 fully saturated rings. The summed E-state index contributed by atoms with van der Waals surface area (Å²) in [6.45, 7) is 2.80. The number of benzene rings is 2. The van der Waals surface area contributed by atoms with Crippen LogP contribution in [0.2, 0.25) is 0 Å². The first-order valence-corrected chi connectivity index (χ1v) is 9.66. The van der Waals surface area contributed by atoms with Crippen molar-refractivity contribution in [2.75, 3.05) is 31.8 Å². The summed E-state index contributed by atoms with van der Waals surface area (Å²) in [6.07, 6.45) is 1.14. The van der Waals surface area contributed by atoms with Crippen molar-refractivity contribution in [3.63, 3.8) is 0 Å². The fourth-order valence-electron chi connectivity index (χ4n) is 2.04. The molecule has 2 rings (SSSR count). The summed E-state index contributed by atoms with van der Waals surface area (Å²) in [6, 6.07) is 13.5. The Morgan fingerprint density at radius 3 is 2.24 bits per heavy atom. The van der Waals surface area contributed by atoms with Crippen LogP contribution in [-0.2, 0) is 9.84 Å². The Labute approximate surface area is 148 Å². The van der Waals surface area contributed by atoms with E-state index in [0.717, 1.165) is 17.6 Å². The number of urea groups is 1. The molecular formula is C18H22N2O4S. The van der Waals surface area contributed by atoms with Crippen molar-refractivity contribution in [1.82, 2.24) is 4.90 Å². The fourth-order valence-corrected chi connectivity index (χ4v) is 2.67. The number of anilines is 1. The van der Waals surface area contributed by atoms with Crippen LogP contribution >= 0.6 is 0 Å². The molecule has 0 aliphatic rings. The van der Waals surface area contributed by atoms with E-state index in [2.05, 4.69) is 5.32 Å². The third kappa shape index (κ3) is 5.79. The van der Waals surface area contributed by atoms with Gasteiger partial charge in [0.2, 0.25) is 0 Å². The van der Waals surface area contributed by atoms with E-state index in [0.29, 0.717) is 18.8 Å². The highest BCUT2D eigenvalue weighted by Gasteiger charge is 2.10. The molecule has 0 saturated heterocycles. The number of rotatable bonds is 6. The molecule has 25 heavy (non-hydrogen) atoms. The fraction of sp³-hybridized carbons (Fsp3) is 0.278. The van der Waals surface area contributed by atoms with Gasteiger partial charge in [-0.25, -0.2) is 13.2 Å². The van der Waals surface area contributed by atoms with Crippen molar-refractivity contribution >= 4 is 21.6 Å². The van der Waals surface area contributed by atoms with E-state index in [1.165, 1.54) is 17.0 Å². The van der Waals surface area contributed by atoms with Crippen LogP contribution in [0, 0.1) is 6.92 Å². The Morgan fingerprint density at radius 2 is 1.68 bits per heavy atom. The summed E-state index contributed by atoms with van der Waals surface area (Å²) < 4.78 is 28.4. The van der Waals surface area contributed by atoms with Crippen LogP contribution < -0.4 is 10.1 Å². The molecule has 134 valence electrons. The molecule has 0 atom stereocenters. The molecule has 0 aliphatic carbocycles. The first kappa shape index (κ1) is 18.8. The van der Waals surface area contributed by atoms with Gasteiger partial charge in [0.05, 0.1) is 11.4 Å². The lowest BCUT2D eigenvalue weighted by molar-refractivity contribution is 0.207. The smallest absolute Gasteiger partial charge is 0.321 e. The lowest BCUT2D eigenvalue weighted by atomic mass is 10.2. The zero-order valence-electron chi connectivity index (χ0n) is 14.5. The minimum Gasteiger partial charge on any atom is -0.492 e. The van der Waals surface area contributed by atoms with Gasteiger partial charge in [-0.05, 0) is 43.3 Å². The van der Waals surface area contributed by atoms with Gasteiger partial charge < -0.3 is 15.0 Å². The molecule has 7 heteroatoms. The Morgan fingerprint density at radius 1 is 1.08 bits per heavy atom. The first-order valence-electron chi connectivity index (χ1n) is 7.77. The Balaban J connectivity index is 1.82. The number of carbonyl (C=O) groups is 1. The number of sulfone groups is 1. The highest BCUT2D eigenvalue weighted by atomic mass is 32.2. The zero-order chi connectivity index (χ0) is 18.4. The summed E-state index contributed by atoms with van der Waals surface area (Å²) in [4.78, 5) is 13.8. The predicted molar refractivity (Wildman–Crippen MR) is 97.9 cm³/mol. The zero-order valence-corrected chi connectivity index (χ0v) is 15.3. The predicted octanol–water partition coefficient (Wildman–Crippen LogP) is 2.94. The van der Waals surface area contributed by atoms with Crippen molar-refractivity contribution in [1.29, 1.82) is 0 Å². The minimum atomic E-state index is -3.25. The quantitative estimate of drug-likeness (QED) is 0.857. The van der Waals surface area contributed by atoms with E-state index in [-0.39, 0.29) is 10.9 Å². The molecule has 1 N–H and O–H groups in total. The van der Waals surface area contributed by atoms with Gasteiger partial charge in [0.25, 0.3) is 0 Å². The van der Waals surface area contributed by atoms with Gasteiger partial charge in [-0.2, -0.15) is 0 Å². The van der Waals surface area contributed by atoms with Gasteiger partial charge in [0.15, 0.2) is 9.84 Å². The summed E-state index contributed by atoms with van der Waals surface area (Å²) >= 11 is 0. The molecule has 2 amide bonds. The van der Waals surface area contributed by atoms with Crippen LogP contribution in [0.4, 0.5) is 10.5 Å². The first-order chi connectivity index (χ1) is 11.8. The number of carbonyl (C=O) groups excluding carboxylic acids is 1. The molecule has 0 aromatic heterocycles. The van der Waals surface area contributed by atoms with Crippen molar-refractivity contribution in [2.45, 2.75) is 11.8 Å². The average molecular weight is 362 g/mol. The maximum Gasteiger partial charge on any atom is 0.321 e. The molecule has 2 aromatic rings. The van der Waals surface area contributed by atoms with Crippen molar-refractivity contribution in [3.05, 3.63) is 54.1 Å². The Kier molecular flexibility index (Phi) is 6.03. The van der Waals surface area contributed by atoms with Crippen molar-refractivity contribution in [2.24, 2.45) is 0 Å². The Hall–Kier alpha value is -2.54. The number of aryl methyl sites for hydroxylation is 1. The average Bonchev–Trinajstić information content (AvgIpc) is 2.56. The van der Waals surface area contributed by atoms with E-state index in [1.807, 2.05) is 31.2 Å². The highest BCUT2D eigenvalue weighted by molar-refractivity contribution is 7.90. The minimum absolute atomic E-state index is 0.213. The second kappa shape index (κ2) is 8.02. The number of ether oxygens (including phenoxy) is 1. The summed E-state index contributed by atoms with van der Waals surface area (Å²) in [7, 11) is -1.58. The van der Waals surface area contributed by atoms with Crippen LogP contribution in [0.15, 0.2) is 53.4 Å². The summed E-state index contributed by atoms with van der Waals surface area (Å²) in [5, 5.41) is 2.71. The normalized spacial score (nSPS) is 11.0. The van der Waals surface area contributed by atoms with Gasteiger partial charge in [-0.15, -0.1) is 0 Å². The molecule has 0 aliphatic heterocycles. The van der Waals surface area contributed by atoms with E-state index in [9.17, 15) is 13.2 Å². The van der Waals surface area contributed by atoms with E-state index >= 15 is 0 Å². The third-order valence-electron chi connectivity index (χ3n) is 3.60. The monoisotopic (exact) mass is 362 g/mol. The SMILES string of the molecule is Cc1ccc(OCCN(C)C(=O)Nc2ccc(S(C)(=O)=O)cc2)cc1. The number of hydrogen-bond donors (Lipinski definition) is 1. The van der Waals surface area contributed by atoms with Crippen LogP contribution in [0.25, 0.3) is 0 Å². The number of nitrogens with one attached hydrogen (secondary N) is 1. The van der Waals surface area contributed by atoms with E-state index in [1.54, 1.807) is 19.2 Å². The van der Waals surface area contributed by atoms with E-state index < -0.39 is 9.84 Å². The molecule has 0 heterocycles. The molecule has 0 unspecified atom stereocenters. The number of hydrogen-bond acceptors (Lipinski definition) is 4. The van der Waals surface area contributed by atoms with Gasteiger partial charge >= 0.3 is 6.03 Å². The van der Waals surface area contributed by atoms with Gasteiger partial charge in [-0.3, -0.25) is 0 Å². The number of likely N-dealkylation sites (N-methyl/N-ethyl adjacent to an activating group) is 1. The topological polar surface area (TPSA) is 75.7 Å². The largest absolute Gasteiger partial charge is 0.492 e.